The maximum atomic E-state index is 15.7. The van der Waals surface area contributed by atoms with Crippen LogP contribution in [0.3, 0.4) is 0 Å². The van der Waals surface area contributed by atoms with Crippen LogP contribution in [0.5, 0.6) is 0 Å². The summed E-state index contributed by atoms with van der Waals surface area (Å²) in [6.07, 6.45) is -6.97. The van der Waals surface area contributed by atoms with Gasteiger partial charge in [-0.15, -0.1) is 0 Å². The summed E-state index contributed by atoms with van der Waals surface area (Å²) in [4.78, 5) is 64.8. The van der Waals surface area contributed by atoms with Gasteiger partial charge in [0.15, 0.2) is 0 Å². The number of amides is 2. The molecule has 0 bridgehead atoms. The molecular formula is C30H46F2N4O11. The van der Waals surface area contributed by atoms with Gasteiger partial charge < -0.3 is 33.7 Å². The minimum Gasteiger partial charge on any atom is -0.460 e. The Morgan fingerprint density at radius 1 is 0.915 bits per heavy atom. The average molecular weight is 677 g/mol. The number of rotatable bonds is 11. The Labute approximate surface area is 271 Å². The van der Waals surface area contributed by atoms with Gasteiger partial charge in [-0.05, 0) is 81.2 Å². The van der Waals surface area contributed by atoms with Crippen LogP contribution in [0, 0.1) is 0 Å². The number of aromatic nitrogens is 2. The Bertz CT molecular complexity index is 1320. The Hall–Kier alpha value is -4.02. The van der Waals surface area contributed by atoms with Crippen LogP contribution in [0.25, 0.3) is 0 Å². The number of unbranched alkanes of at least 4 members (excludes halogenated alkanes) is 2. The van der Waals surface area contributed by atoms with Crippen LogP contribution in [-0.4, -0.2) is 81.9 Å². The summed E-state index contributed by atoms with van der Waals surface area (Å²) in [5, 5.41) is 4.70. The molecule has 2 rings (SSSR count). The van der Waals surface area contributed by atoms with Crippen molar-refractivity contribution in [1.29, 1.82) is 0 Å². The highest BCUT2D eigenvalue weighted by molar-refractivity contribution is 5.83. The lowest BCUT2D eigenvalue weighted by Crippen LogP contribution is -2.45. The first kappa shape index (κ1) is 39.2. The average Bonchev–Trinajstić information content (AvgIpc) is 3.10. The molecule has 0 saturated carbocycles. The Morgan fingerprint density at radius 3 is 2.11 bits per heavy atom. The van der Waals surface area contributed by atoms with E-state index in [1.165, 1.54) is 20.8 Å². The van der Waals surface area contributed by atoms with Gasteiger partial charge in [-0.1, -0.05) is 6.42 Å². The second-order valence-electron chi connectivity index (χ2n) is 13.8. The summed E-state index contributed by atoms with van der Waals surface area (Å²) in [7, 11) is 0. The van der Waals surface area contributed by atoms with Crippen LogP contribution in [0.2, 0.25) is 0 Å². The molecule has 1 fully saturated rings. The molecule has 1 saturated heterocycles. The summed E-state index contributed by atoms with van der Waals surface area (Å²) in [6, 6.07) is 1.07. The van der Waals surface area contributed by atoms with Gasteiger partial charge in [0.1, 0.15) is 35.3 Å². The third-order valence-corrected chi connectivity index (χ3v) is 5.80. The lowest BCUT2D eigenvalue weighted by Gasteiger charge is -2.26. The molecule has 266 valence electrons. The lowest BCUT2D eigenvalue weighted by atomic mass is 10.1. The highest BCUT2D eigenvalue weighted by Gasteiger charge is 2.63. The molecule has 1 unspecified atom stereocenters. The summed E-state index contributed by atoms with van der Waals surface area (Å²) in [5.74, 6) is -4.64. The monoisotopic (exact) mass is 676 g/mol. The predicted molar refractivity (Wildman–Crippen MR) is 162 cm³/mol. The summed E-state index contributed by atoms with van der Waals surface area (Å²) in [5.41, 5.74) is -3.74. The van der Waals surface area contributed by atoms with E-state index in [-0.39, 0.29) is 24.8 Å². The van der Waals surface area contributed by atoms with Gasteiger partial charge >= 0.3 is 35.9 Å². The van der Waals surface area contributed by atoms with Gasteiger partial charge in [0.2, 0.25) is 12.3 Å². The Kier molecular flexibility index (Phi) is 13.1. The molecule has 0 radical (unpaired) electrons. The number of nitrogens with zero attached hydrogens (tertiary/aromatic N) is 2. The van der Waals surface area contributed by atoms with Crippen molar-refractivity contribution in [2.75, 3.05) is 18.5 Å². The molecule has 1 aliphatic rings. The van der Waals surface area contributed by atoms with Crippen molar-refractivity contribution in [2.45, 2.75) is 129 Å². The molecule has 0 aliphatic carbocycles. The third kappa shape index (κ3) is 13.7. The highest BCUT2D eigenvalue weighted by atomic mass is 19.3. The molecule has 15 nitrogen and oxygen atoms in total. The second kappa shape index (κ2) is 15.7. The number of hydrogen-bond acceptors (Lipinski definition) is 12. The molecular weight excluding hydrogens is 630 g/mol. The number of alkyl carbamates (subject to hydrolysis) is 1. The zero-order valence-corrected chi connectivity index (χ0v) is 28.3. The van der Waals surface area contributed by atoms with E-state index in [1.807, 2.05) is 0 Å². The van der Waals surface area contributed by atoms with Gasteiger partial charge in [0.25, 0.3) is 0 Å². The number of alkyl halides is 2. The molecule has 47 heavy (non-hydrogen) atoms. The van der Waals surface area contributed by atoms with Crippen LogP contribution in [0.1, 0.15) is 94.2 Å². The molecule has 17 heteroatoms. The molecule has 2 N–H and O–H groups in total. The van der Waals surface area contributed by atoms with Crippen molar-refractivity contribution in [2.24, 2.45) is 0 Å². The van der Waals surface area contributed by atoms with Crippen molar-refractivity contribution < 1.29 is 56.4 Å². The first-order valence-electron chi connectivity index (χ1n) is 15.1. The zero-order valence-electron chi connectivity index (χ0n) is 28.3. The van der Waals surface area contributed by atoms with Crippen LogP contribution >= 0.6 is 0 Å². The molecule has 1 aromatic heterocycles. The zero-order chi connectivity index (χ0) is 35.8. The number of esters is 1. The van der Waals surface area contributed by atoms with E-state index in [0.717, 1.165) is 12.3 Å². The van der Waals surface area contributed by atoms with Gasteiger partial charge in [-0.25, -0.2) is 19.2 Å². The minimum absolute atomic E-state index is 0.167. The maximum Gasteiger partial charge on any atom is 0.509 e. The fourth-order valence-electron chi connectivity index (χ4n) is 4.06. The predicted octanol–water partition coefficient (Wildman–Crippen LogP) is 5.07. The SMILES string of the molecule is CC(C)(C)OC(=O)CCCCCNC(=O)OC[C@H]1O[C@@H](n2ccc(NC(=O)OC(C)(C)C)nc2=O)C(F)(F)C1OC(=O)OC(C)(C)C. The number of carbonyl (C=O) groups is 4. The largest absolute Gasteiger partial charge is 0.509 e. The highest BCUT2D eigenvalue weighted by Crippen LogP contribution is 2.44. The van der Waals surface area contributed by atoms with E-state index < -0.39 is 71.8 Å². The molecule has 1 aromatic rings. The first-order chi connectivity index (χ1) is 21.5. The number of carbonyl (C=O) groups excluding carboxylic acids is 4. The van der Waals surface area contributed by atoms with Gasteiger partial charge in [-0.2, -0.15) is 13.8 Å². The lowest BCUT2D eigenvalue weighted by molar-refractivity contribution is -0.154. The van der Waals surface area contributed by atoms with Gasteiger partial charge in [-0.3, -0.25) is 14.7 Å². The Balaban J connectivity index is 2.07. The maximum absolute atomic E-state index is 15.7. The number of ether oxygens (including phenoxy) is 6. The fraction of sp³-hybridized carbons (Fsp3) is 0.733. The molecule has 0 aromatic carbocycles. The second-order valence-corrected chi connectivity index (χ2v) is 13.8. The van der Waals surface area contributed by atoms with Crippen LogP contribution < -0.4 is 16.3 Å². The van der Waals surface area contributed by atoms with Crippen LogP contribution in [0.15, 0.2) is 17.1 Å². The minimum atomic E-state index is -4.04. The standard InChI is InChI=1S/C30H46F2N4O11/c1-27(2,3)45-20(37)13-11-10-12-15-33-24(39)42-17-18-21(44-26(41)47-29(7,8)9)30(31,32)22(43-18)36-16-14-19(34-23(36)38)35-25(40)46-28(4,5)6/h14,16,18,21-22H,10-13,15,17H2,1-9H3,(H,33,39)(H,34,35,38,40)/t18-,21?,22-/m1/s1. The van der Waals surface area contributed by atoms with E-state index in [2.05, 4.69) is 15.6 Å². The number of hydrogen-bond donors (Lipinski definition) is 2. The van der Waals surface area contributed by atoms with E-state index in [9.17, 15) is 24.0 Å². The van der Waals surface area contributed by atoms with Crippen LogP contribution in [0.4, 0.5) is 29.0 Å². The summed E-state index contributed by atoms with van der Waals surface area (Å²) >= 11 is 0. The van der Waals surface area contributed by atoms with Gasteiger partial charge in [0, 0.05) is 19.2 Å². The van der Waals surface area contributed by atoms with E-state index in [4.69, 9.17) is 28.4 Å². The Morgan fingerprint density at radius 2 is 1.53 bits per heavy atom. The van der Waals surface area contributed by atoms with Crippen molar-refractivity contribution in [3.63, 3.8) is 0 Å². The number of anilines is 1. The van der Waals surface area contributed by atoms with Crippen molar-refractivity contribution in [3.8, 4) is 0 Å². The normalized spacial score (nSPS) is 19.3. The van der Waals surface area contributed by atoms with E-state index in [0.29, 0.717) is 23.8 Å². The molecule has 2 amide bonds. The number of halogens is 2. The number of nitrogens with one attached hydrogen (secondary N) is 2. The van der Waals surface area contributed by atoms with E-state index in [1.54, 1.807) is 41.5 Å². The smallest absolute Gasteiger partial charge is 0.460 e. The third-order valence-electron chi connectivity index (χ3n) is 5.80. The summed E-state index contributed by atoms with van der Waals surface area (Å²) < 4.78 is 62.7. The van der Waals surface area contributed by atoms with Crippen molar-refractivity contribution in [1.82, 2.24) is 14.9 Å². The van der Waals surface area contributed by atoms with Crippen molar-refractivity contribution >= 4 is 30.1 Å². The molecule has 3 atom stereocenters. The topological polar surface area (TPSA) is 183 Å². The quantitative estimate of drug-likeness (QED) is 0.181. The first-order valence-corrected chi connectivity index (χ1v) is 15.1. The molecule has 1 aliphatic heterocycles. The van der Waals surface area contributed by atoms with E-state index >= 15 is 8.78 Å². The fourth-order valence-corrected chi connectivity index (χ4v) is 4.06. The molecule has 2 heterocycles. The summed E-state index contributed by atoms with van der Waals surface area (Å²) in [6.45, 7) is 14.1. The van der Waals surface area contributed by atoms with Crippen LogP contribution in [-0.2, 0) is 33.2 Å². The van der Waals surface area contributed by atoms with Gasteiger partial charge in [0.05, 0.1) is 0 Å². The van der Waals surface area contributed by atoms with Crippen molar-refractivity contribution in [3.05, 3.63) is 22.7 Å². The molecule has 0 spiro atoms.